The number of aromatic nitrogens is 1. The van der Waals surface area contributed by atoms with Gasteiger partial charge in [0.25, 0.3) is 0 Å². The molecule has 0 aromatic carbocycles. The summed E-state index contributed by atoms with van der Waals surface area (Å²) in [7, 11) is 0. The van der Waals surface area contributed by atoms with Crippen molar-refractivity contribution in [3.63, 3.8) is 0 Å². The second-order valence-corrected chi connectivity index (χ2v) is 5.02. The molecule has 0 fully saturated rings. The molecule has 0 saturated heterocycles. The maximum Gasteiger partial charge on any atom is 0.0372 e. The normalized spacial score (nSPS) is 13.1. The zero-order valence-electron chi connectivity index (χ0n) is 11.0. The smallest absolute Gasteiger partial charge is 0.0372 e. The lowest BCUT2D eigenvalue weighted by molar-refractivity contribution is 0.524. The third kappa shape index (κ3) is 4.75. The summed E-state index contributed by atoms with van der Waals surface area (Å²) in [4.78, 5) is 4.34. The summed E-state index contributed by atoms with van der Waals surface area (Å²) < 4.78 is 0. The third-order valence-electron chi connectivity index (χ3n) is 2.81. The van der Waals surface area contributed by atoms with Crippen LogP contribution in [-0.2, 0) is 0 Å². The highest BCUT2D eigenvalue weighted by Crippen LogP contribution is 2.17. The van der Waals surface area contributed by atoms with Crippen molar-refractivity contribution in [2.45, 2.75) is 40.0 Å². The Morgan fingerprint density at radius 2 is 2.00 bits per heavy atom. The van der Waals surface area contributed by atoms with Crippen molar-refractivity contribution >= 4 is 0 Å². The van der Waals surface area contributed by atoms with Crippen molar-refractivity contribution in [2.24, 2.45) is 5.92 Å². The molecule has 0 aliphatic heterocycles. The predicted molar refractivity (Wildman–Crippen MR) is 69.7 cm³/mol. The van der Waals surface area contributed by atoms with Gasteiger partial charge in [0.15, 0.2) is 0 Å². The Kier molecular flexibility index (Phi) is 5.47. The van der Waals surface area contributed by atoms with Gasteiger partial charge in [0.1, 0.15) is 0 Å². The van der Waals surface area contributed by atoms with E-state index in [0.29, 0.717) is 5.92 Å². The minimum absolute atomic E-state index is 0.591. The lowest BCUT2D eigenvalue weighted by Crippen LogP contribution is -2.21. The molecule has 16 heavy (non-hydrogen) atoms. The fraction of sp³-hybridized carbons (Fsp3) is 0.643. The fourth-order valence-corrected chi connectivity index (χ4v) is 1.65. The van der Waals surface area contributed by atoms with Crippen LogP contribution in [0.15, 0.2) is 18.3 Å². The molecular weight excluding hydrogens is 196 g/mol. The lowest BCUT2D eigenvalue weighted by atomic mass is 9.99. The Morgan fingerprint density at radius 3 is 2.56 bits per heavy atom. The molecule has 0 aliphatic carbocycles. The van der Waals surface area contributed by atoms with Crippen LogP contribution in [-0.4, -0.2) is 18.1 Å². The molecule has 0 radical (unpaired) electrons. The van der Waals surface area contributed by atoms with Gasteiger partial charge in [0, 0.05) is 11.9 Å². The fourth-order valence-electron chi connectivity index (χ4n) is 1.65. The molecule has 0 amide bonds. The van der Waals surface area contributed by atoms with Crippen molar-refractivity contribution in [1.29, 1.82) is 0 Å². The number of hydrogen-bond acceptors (Lipinski definition) is 2. The van der Waals surface area contributed by atoms with Crippen molar-refractivity contribution in [3.8, 4) is 0 Å². The Bertz CT molecular complexity index is 290. The maximum absolute atomic E-state index is 4.34. The zero-order chi connectivity index (χ0) is 12.0. The Morgan fingerprint density at radius 1 is 1.25 bits per heavy atom. The summed E-state index contributed by atoms with van der Waals surface area (Å²) >= 11 is 0. The molecule has 0 spiro atoms. The van der Waals surface area contributed by atoms with Gasteiger partial charge in [-0.25, -0.2) is 0 Å². The van der Waals surface area contributed by atoms with Crippen LogP contribution in [0.5, 0.6) is 0 Å². The Balaban J connectivity index is 2.29. The molecule has 0 saturated carbocycles. The van der Waals surface area contributed by atoms with Crippen LogP contribution < -0.4 is 5.32 Å². The summed E-state index contributed by atoms with van der Waals surface area (Å²) in [5, 5.41) is 3.48. The summed E-state index contributed by atoms with van der Waals surface area (Å²) in [5.41, 5.74) is 2.44. The van der Waals surface area contributed by atoms with Crippen molar-refractivity contribution < 1.29 is 0 Å². The van der Waals surface area contributed by atoms with Crippen LogP contribution >= 0.6 is 0 Å². The standard InChI is InChI=1S/C14H24N2/c1-11(2)9-15-8-7-12(3)14-6-5-13(4)16-10-14/h5-6,10-12,15H,7-9H2,1-4H3. The van der Waals surface area contributed by atoms with Gasteiger partial charge in [-0.3, -0.25) is 4.98 Å². The van der Waals surface area contributed by atoms with E-state index in [1.165, 1.54) is 12.0 Å². The molecule has 1 rings (SSSR count). The van der Waals surface area contributed by atoms with E-state index in [2.05, 4.69) is 43.2 Å². The number of nitrogens with one attached hydrogen (secondary N) is 1. The number of nitrogens with zero attached hydrogens (tertiary/aromatic N) is 1. The van der Waals surface area contributed by atoms with Gasteiger partial charge < -0.3 is 5.32 Å². The van der Waals surface area contributed by atoms with Gasteiger partial charge >= 0.3 is 0 Å². The van der Waals surface area contributed by atoms with Crippen LogP contribution in [0.25, 0.3) is 0 Å². The lowest BCUT2D eigenvalue weighted by Gasteiger charge is -2.13. The highest BCUT2D eigenvalue weighted by molar-refractivity contribution is 5.16. The number of rotatable bonds is 6. The van der Waals surface area contributed by atoms with E-state index < -0.39 is 0 Å². The number of pyridine rings is 1. The van der Waals surface area contributed by atoms with E-state index in [1.54, 1.807) is 0 Å². The first-order valence-corrected chi connectivity index (χ1v) is 6.23. The topological polar surface area (TPSA) is 24.9 Å². The molecule has 2 heteroatoms. The summed E-state index contributed by atoms with van der Waals surface area (Å²) in [6.45, 7) is 11.0. The minimum Gasteiger partial charge on any atom is -0.316 e. The number of aryl methyl sites for hydroxylation is 1. The molecule has 1 atom stereocenters. The zero-order valence-corrected chi connectivity index (χ0v) is 11.0. The van der Waals surface area contributed by atoms with E-state index in [9.17, 15) is 0 Å². The van der Waals surface area contributed by atoms with Gasteiger partial charge in [0.2, 0.25) is 0 Å². The van der Waals surface area contributed by atoms with Gasteiger partial charge in [-0.15, -0.1) is 0 Å². The second-order valence-electron chi connectivity index (χ2n) is 5.02. The molecule has 1 aromatic rings. The van der Waals surface area contributed by atoms with E-state index >= 15 is 0 Å². The molecule has 2 nitrogen and oxygen atoms in total. The van der Waals surface area contributed by atoms with E-state index in [0.717, 1.165) is 24.7 Å². The Labute approximate surface area is 99.5 Å². The van der Waals surface area contributed by atoms with E-state index in [1.807, 2.05) is 13.1 Å². The monoisotopic (exact) mass is 220 g/mol. The summed E-state index contributed by atoms with van der Waals surface area (Å²) in [5.74, 6) is 1.32. The van der Waals surface area contributed by atoms with Gasteiger partial charge in [0.05, 0.1) is 0 Å². The number of hydrogen-bond donors (Lipinski definition) is 1. The molecule has 90 valence electrons. The quantitative estimate of drug-likeness (QED) is 0.745. The van der Waals surface area contributed by atoms with Gasteiger partial charge in [-0.05, 0) is 49.9 Å². The molecule has 0 bridgehead atoms. The SMILES string of the molecule is Cc1ccc(C(C)CCNCC(C)C)cn1. The van der Waals surface area contributed by atoms with Crippen molar-refractivity contribution in [2.75, 3.05) is 13.1 Å². The minimum atomic E-state index is 0.591. The largest absolute Gasteiger partial charge is 0.316 e. The van der Waals surface area contributed by atoms with Crippen LogP contribution in [0.2, 0.25) is 0 Å². The summed E-state index contributed by atoms with van der Waals surface area (Å²) in [6, 6.07) is 4.28. The third-order valence-corrected chi connectivity index (χ3v) is 2.81. The maximum atomic E-state index is 4.34. The summed E-state index contributed by atoms with van der Waals surface area (Å²) in [6.07, 6.45) is 3.18. The predicted octanol–water partition coefficient (Wildman–Crippen LogP) is 3.13. The highest BCUT2D eigenvalue weighted by Gasteiger charge is 2.05. The van der Waals surface area contributed by atoms with E-state index in [4.69, 9.17) is 0 Å². The van der Waals surface area contributed by atoms with Crippen LogP contribution in [0.1, 0.15) is 44.4 Å². The van der Waals surface area contributed by atoms with Crippen molar-refractivity contribution in [1.82, 2.24) is 10.3 Å². The van der Waals surface area contributed by atoms with Crippen LogP contribution in [0, 0.1) is 12.8 Å². The van der Waals surface area contributed by atoms with Gasteiger partial charge in [-0.2, -0.15) is 0 Å². The Hall–Kier alpha value is -0.890. The first kappa shape index (κ1) is 13.2. The molecule has 1 heterocycles. The molecule has 0 aliphatic rings. The van der Waals surface area contributed by atoms with Crippen molar-refractivity contribution in [3.05, 3.63) is 29.6 Å². The molecule has 1 unspecified atom stereocenters. The first-order valence-electron chi connectivity index (χ1n) is 6.23. The average Bonchev–Trinajstić information content (AvgIpc) is 2.25. The second kappa shape index (κ2) is 6.64. The molecule has 1 N–H and O–H groups in total. The average molecular weight is 220 g/mol. The van der Waals surface area contributed by atoms with Crippen LogP contribution in [0.4, 0.5) is 0 Å². The molecule has 1 aromatic heterocycles. The molecular formula is C14H24N2. The van der Waals surface area contributed by atoms with Crippen LogP contribution in [0.3, 0.4) is 0 Å². The highest BCUT2D eigenvalue weighted by atomic mass is 14.8. The first-order chi connectivity index (χ1) is 7.59. The van der Waals surface area contributed by atoms with E-state index in [-0.39, 0.29) is 0 Å². The van der Waals surface area contributed by atoms with Gasteiger partial charge in [-0.1, -0.05) is 26.8 Å².